The van der Waals surface area contributed by atoms with Crippen molar-refractivity contribution in [2.45, 2.75) is 0 Å². The lowest BCUT2D eigenvalue weighted by atomic mass is 10.6. The van der Waals surface area contributed by atoms with Crippen LogP contribution in [-0.2, 0) is 7.73 Å². The van der Waals surface area contributed by atoms with Crippen LogP contribution in [0.1, 0.15) is 0 Å². The van der Waals surface area contributed by atoms with Gasteiger partial charge in [0, 0.05) is 18.3 Å². The van der Waals surface area contributed by atoms with Gasteiger partial charge in [-0.25, -0.2) is 3.63 Å². The summed E-state index contributed by atoms with van der Waals surface area (Å²) in [6.45, 7) is 0. The van der Waals surface area contributed by atoms with Gasteiger partial charge in [-0.1, -0.05) is 0 Å². The molecule has 36 valence electrons. The van der Waals surface area contributed by atoms with Crippen molar-refractivity contribution in [2.75, 3.05) is 6.26 Å². The van der Waals surface area contributed by atoms with Gasteiger partial charge in [-0.2, -0.15) is 0 Å². The Morgan fingerprint density at radius 2 is 2.33 bits per heavy atom. The second kappa shape index (κ2) is 5.68. The van der Waals surface area contributed by atoms with E-state index in [1.54, 1.807) is 8.05 Å². The molecular weight excluding hydrogens is 119 g/mol. The predicted molar refractivity (Wildman–Crippen MR) is 31.8 cm³/mol. The van der Waals surface area contributed by atoms with E-state index in [2.05, 4.69) is 7.73 Å². The van der Waals surface area contributed by atoms with Crippen LogP contribution in [0, 0.1) is 0 Å². The largest absolute Gasteiger partial charge is 0.363 e. The molecule has 0 spiro atoms. The Labute approximate surface area is 47.0 Å². The molecule has 0 aromatic heterocycles. The Kier molecular flexibility index (Phi) is 6.33. The molecule has 0 saturated heterocycles. The Morgan fingerprint density at radius 1 is 1.67 bits per heavy atom. The summed E-state index contributed by atoms with van der Waals surface area (Å²) in [5.41, 5.74) is 0. The van der Waals surface area contributed by atoms with Gasteiger partial charge in [0.1, 0.15) is 0 Å². The molecule has 5 heteroatoms. The molecule has 0 aliphatic rings. The van der Waals surface area contributed by atoms with Gasteiger partial charge in [0.2, 0.25) is 0 Å². The molecule has 0 fully saturated rings. The van der Waals surface area contributed by atoms with E-state index >= 15 is 0 Å². The van der Waals surface area contributed by atoms with Crippen LogP contribution in [0.4, 0.5) is 0 Å². The van der Waals surface area contributed by atoms with Crippen LogP contribution in [0.25, 0.3) is 0 Å². The monoisotopic (exact) mass is 124 g/mol. The Morgan fingerprint density at radius 3 is 2.50 bits per heavy atom. The molecular formula is CH5BO2S2. The van der Waals surface area contributed by atoms with Gasteiger partial charge < -0.3 is 4.10 Å². The smallest absolute Gasteiger partial charge is 0.280 e. The van der Waals surface area contributed by atoms with Crippen molar-refractivity contribution >= 4 is 32.4 Å². The minimum absolute atomic E-state index is 0.971. The van der Waals surface area contributed by atoms with Gasteiger partial charge in [-0.3, -0.25) is 0 Å². The van der Waals surface area contributed by atoms with Crippen LogP contribution in [0.2, 0.25) is 0 Å². The van der Waals surface area contributed by atoms with Gasteiger partial charge in [0.15, 0.2) is 12.3 Å². The van der Waals surface area contributed by atoms with E-state index in [0.717, 1.165) is 12.3 Å². The van der Waals surface area contributed by atoms with E-state index < -0.39 is 0 Å². The summed E-state index contributed by atoms with van der Waals surface area (Å²) >= 11 is 2.24. The first-order valence-electron chi connectivity index (χ1n) is 1.32. The molecule has 0 radical (unpaired) electrons. The normalized spacial score (nSPS) is 8.83. The first-order valence-corrected chi connectivity index (χ1v) is 3.13. The molecule has 0 aliphatic heterocycles. The molecule has 0 N–H and O–H groups in total. The highest BCUT2D eigenvalue weighted by molar-refractivity contribution is 8.05. The average molecular weight is 124 g/mol. The highest BCUT2D eigenvalue weighted by atomic mass is 32.2. The Balaban J connectivity index is 2.34. The van der Waals surface area contributed by atoms with Crippen LogP contribution in [0.3, 0.4) is 0 Å². The van der Waals surface area contributed by atoms with E-state index in [1.807, 2.05) is 6.26 Å². The second-order valence-corrected chi connectivity index (χ2v) is 1.82. The Bertz CT molecular complexity index is 23.5. The quantitative estimate of drug-likeness (QED) is 0.308. The van der Waals surface area contributed by atoms with Gasteiger partial charge in [0.25, 0.3) is 8.05 Å². The van der Waals surface area contributed by atoms with Gasteiger partial charge in [-0.05, 0) is 0 Å². The zero-order valence-corrected chi connectivity index (χ0v) is 5.27. The number of hydrogen-bond donors (Lipinski definition) is 0. The molecule has 0 amide bonds. The lowest BCUT2D eigenvalue weighted by molar-refractivity contribution is 0.623. The summed E-state index contributed by atoms with van der Waals surface area (Å²) < 4.78 is 9.05. The van der Waals surface area contributed by atoms with Crippen LogP contribution in [0.5, 0.6) is 0 Å². The van der Waals surface area contributed by atoms with Crippen LogP contribution >= 0.6 is 24.4 Å². The van der Waals surface area contributed by atoms with E-state index in [1.165, 1.54) is 12.0 Å². The molecule has 0 aromatic carbocycles. The SMILES string of the molecule is BOSOSC. The third-order valence-electron chi connectivity index (χ3n) is 0.164. The zero-order valence-electron chi connectivity index (χ0n) is 3.63. The molecule has 0 heterocycles. The van der Waals surface area contributed by atoms with Crippen molar-refractivity contribution in [1.82, 2.24) is 0 Å². The van der Waals surface area contributed by atoms with Crippen LogP contribution < -0.4 is 0 Å². The van der Waals surface area contributed by atoms with Crippen molar-refractivity contribution in [3.05, 3.63) is 0 Å². The first kappa shape index (κ1) is 6.68. The van der Waals surface area contributed by atoms with E-state index in [4.69, 9.17) is 0 Å². The molecule has 0 aromatic rings. The molecule has 0 unspecified atom stereocenters. The van der Waals surface area contributed by atoms with Gasteiger partial charge in [0.05, 0.1) is 0 Å². The fourth-order valence-corrected chi connectivity index (χ4v) is 0.500. The van der Waals surface area contributed by atoms with Crippen molar-refractivity contribution in [3.63, 3.8) is 0 Å². The third kappa shape index (κ3) is 4.68. The van der Waals surface area contributed by atoms with Crippen LogP contribution in [0.15, 0.2) is 0 Å². The highest BCUT2D eigenvalue weighted by Crippen LogP contribution is 2.09. The van der Waals surface area contributed by atoms with Gasteiger partial charge >= 0.3 is 0 Å². The summed E-state index contributed by atoms with van der Waals surface area (Å²) in [4.78, 5) is 0. The third-order valence-corrected chi connectivity index (χ3v) is 1.07. The maximum absolute atomic E-state index is 4.59. The predicted octanol–water partition coefficient (Wildman–Crippen LogP) is 0.409. The molecule has 0 saturated carbocycles. The molecule has 0 rings (SSSR count). The van der Waals surface area contributed by atoms with E-state index in [-0.39, 0.29) is 0 Å². The van der Waals surface area contributed by atoms with Crippen molar-refractivity contribution in [2.24, 2.45) is 0 Å². The maximum atomic E-state index is 4.59. The lowest BCUT2D eigenvalue weighted by Gasteiger charge is -1.88. The standard InChI is InChI=1S/CH5BO2S2/c1-5-4-6-3-2/h2H2,1H3. The zero-order chi connectivity index (χ0) is 4.83. The average Bonchev–Trinajstić information content (AvgIpc) is 1.61. The molecule has 0 aliphatic carbocycles. The second-order valence-electron chi connectivity index (χ2n) is 0.469. The summed E-state index contributed by atoms with van der Waals surface area (Å²) in [6, 6.07) is 0. The lowest BCUT2D eigenvalue weighted by Crippen LogP contribution is -1.65. The van der Waals surface area contributed by atoms with Crippen molar-refractivity contribution < 1.29 is 7.73 Å². The minimum atomic E-state index is 0.971. The summed E-state index contributed by atoms with van der Waals surface area (Å²) in [7, 11) is 1.56. The van der Waals surface area contributed by atoms with Crippen molar-refractivity contribution in [3.8, 4) is 0 Å². The number of rotatable bonds is 3. The van der Waals surface area contributed by atoms with Gasteiger partial charge in [-0.15, -0.1) is 0 Å². The van der Waals surface area contributed by atoms with Crippen LogP contribution in [-0.4, -0.2) is 14.3 Å². The van der Waals surface area contributed by atoms with E-state index in [9.17, 15) is 0 Å². The molecule has 0 atom stereocenters. The summed E-state index contributed by atoms with van der Waals surface area (Å²) in [5, 5.41) is 0. The highest BCUT2D eigenvalue weighted by Gasteiger charge is 1.75. The fourth-order valence-electron chi connectivity index (χ4n) is 0.0556. The first-order chi connectivity index (χ1) is 2.91. The Hall–Kier alpha value is 0.685. The molecule has 2 nitrogen and oxygen atoms in total. The molecule has 0 bridgehead atoms. The number of hydrogen-bond acceptors (Lipinski definition) is 4. The topological polar surface area (TPSA) is 18.5 Å². The molecule has 6 heavy (non-hydrogen) atoms. The van der Waals surface area contributed by atoms with E-state index in [0.29, 0.717) is 0 Å². The minimum Gasteiger partial charge on any atom is -0.363 e. The summed E-state index contributed by atoms with van der Waals surface area (Å²) in [5.74, 6) is 0. The van der Waals surface area contributed by atoms with Crippen molar-refractivity contribution in [1.29, 1.82) is 0 Å². The fraction of sp³-hybridized carbons (Fsp3) is 1.00. The summed E-state index contributed by atoms with van der Waals surface area (Å²) in [6.07, 6.45) is 1.83. The maximum Gasteiger partial charge on any atom is 0.280 e.